The molecule has 5 unspecified atom stereocenters. The molecular weight excluding hydrogens is 389 g/mol. The van der Waals surface area contributed by atoms with Crippen molar-refractivity contribution in [2.75, 3.05) is 19.8 Å². The maximum absolute atomic E-state index is 12.5. The standard InChI is InChI=1S/C17H22N3O7P/c1-16-13(21)17(10-24-16,26-14(16)20-9-5-8-19-15(20)22)11-25-28(18,23)27-12-6-3-2-4-7-12/h2-7,9,13-14,21H,8,10-11H2,1H3,(H2,18,23)(H,19,22). The van der Waals surface area contributed by atoms with Crippen molar-refractivity contribution in [3.8, 4) is 5.75 Å². The van der Waals surface area contributed by atoms with Gasteiger partial charge in [0.25, 0.3) is 0 Å². The predicted octanol–water partition coefficient (Wildman–Crippen LogP) is 0.933. The van der Waals surface area contributed by atoms with Gasteiger partial charge in [0.15, 0.2) is 6.23 Å². The van der Waals surface area contributed by atoms with Gasteiger partial charge in [-0.2, -0.15) is 0 Å². The molecule has 1 aromatic carbocycles. The first-order valence-corrected chi connectivity index (χ1v) is 10.4. The normalized spacial score (nSPS) is 36.2. The number of carbonyl (C=O) groups excluding carboxylic acids is 1. The van der Waals surface area contributed by atoms with Gasteiger partial charge in [0.05, 0.1) is 13.2 Å². The van der Waals surface area contributed by atoms with Gasteiger partial charge in [-0.15, -0.1) is 0 Å². The number of aliphatic hydroxyl groups is 1. The summed E-state index contributed by atoms with van der Waals surface area (Å²) in [5, 5.41) is 13.5. The van der Waals surface area contributed by atoms with E-state index < -0.39 is 31.3 Å². The van der Waals surface area contributed by atoms with Gasteiger partial charge in [-0.05, 0) is 25.1 Å². The first-order chi connectivity index (χ1) is 13.3. The molecule has 3 aliphatic heterocycles. The first-order valence-electron chi connectivity index (χ1n) is 8.76. The Labute approximate surface area is 161 Å². The Balaban J connectivity index is 1.49. The minimum absolute atomic E-state index is 0.00826. The van der Waals surface area contributed by atoms with Gasteiger partial charge in [-0.3, -0.25) is 9.42 Å². The Morgan fingerprint density at radius 3 is 2.89 bits per heavy atom. The molecule has 10 nitrogen and oxygen atoms in total. The number of nitrogens with two attached hydrogens (primary N) is 1. The van der Waals surface area contributed by atoms with Crippen LogP contribution < -0.4 is 15.3 Å². The lowest BCUT2D eigenvalue weighted by Gasteiger charge is -2.39. The van der Waals surface area contributed by atoms with Crippen LogP contribution in [0.2, 0.25) is 0 Å². The Kier molecular flexibility index (Phi) is 4.73. The second kappa shape index (κ2) is 6.84. The van der Waals surface area contributed by atoms with Gasteiger partial charge in [0.1, 0.15) is 23.1 Å². The zero-order valence-corrected chi connectivity index (χ0v) is 16.1. The fourth-order valence-corrected chi connectivity index (χ4v) is 4.47. The molecule has 0 aromatic heterocycles. The number of benzene rings is 1. The van der Waals surface area contributed by atoms with Crippen LogP contribution in [-0.2, 0) is 18.6 Å². The van der Waals surface area contributed by atoms with Crippen molar-refractivity contribution in [2.45, 2.75) is 30.5 Å². The third kappa shape index (κ3) is 3.22. The highest BCUT2D eigenvalue weighted by Crippen LogP contribution is 2.51. The maximum atomic E-state index is 12.5. The molecule has 0 radical (unpaired) electrons. The van der Waals surface area contributed by atoms with Crippen LogP contribution in [0, 0.1) is 0 Å². The fourth-order valence-electron chi connectivity index (χ4n) is 3.60. The average molecular weight is 411 g/mol. The highest BCUT2D eigenvalue weighted by molar-refractivity contribution is 7.51. The van der Waals surface area contributed by atoms with E-state index in [2.05, 4.69) is 5.32 Å². The summed E-state index contributed by atoms with van der Waals surface area (Å²) in [5.74, 6) is 0.291. The van der Waals surface area contributed by atoms with Crippen molar-refractivity contribution in [2.24, 2.45) is 5.50 Å². The summed E-state index contributed by atoms with van der Waals surface area (Å²) in [5.41, 5.74) is 3.17. The van der Waals surface area contributed by atoms with Crippen molar-refractivity contribution < 1.29 is 33.0 Å². The van der Waals surface area contributed by atoms with Crippen LogP contribution in [0.25, 0.3) is 0 Å². The van der Waals surface area contributed by atoms with E-state index in [4.69, 9.17) is 24.0 Å². The topological polar surface area (TPSA) is 133 Å². The maximum Gasteiger partial charge on any atom is 0.456 e. The van der Waals surface area contributed by atoms with Crippen molar-refractivity contribution in [3.63, 3.8) is 0 Å². The average Bonchev–Trinajstić information content (AvgIpc) is 3.04. The van der Waals surface area contributed by atoms with E-state index in [-0.39, 0.29) is 19.2 Å². The molecule has 5 atom stereocenters. The molecule has 152 valence electrons. The van der Waals surface area contributed by atoms with Gasteiger partial charge >= 0.3 is 13.8 Å². The quantitative estimate of drug-likeness (QED) is 0.589. The number of fused-ring (bicyclic) bond motifs is 2. The van der Waals surface area contributed by atoms with Crippen LogP contribution in [0.5, 0.6) is 5.75 Å². The molecule has 28 heavy (non-hydrogen) atoms. The van der Waals surface area contributed by atoms with E-state index in [9.17, 15) is 14.5 Å². The van der Waals surface area contributed by atoms with E-state index in [1.807, 2.05) is 0 Å². The minimum Gasteiger partial charge on any atom is -0.413 e. The molecule has 2 fully saturated rings. The third-order valence-electron chi connectivity index (χ3n) is 5.09. The van der Waals surface area contributed by atoms with Crippen LogP contribution in [0.3, 0.4) is 0 Å². The Morgan fingerprint density at radius 2 is 2.18 bits per heavy atom. The molecule has 1 aromatic rings. The molecule has 4 N–H and O–H groups in total. The molecule has 11 heteroatoms. The van der Waals surface area contributed by atoms with E-state index in [1.165, 1.54) is 4.90 Å². The molecule has 2 saturated heterocycles. The molecular formula is C17H22N3O7P. The number of hydrogen-bond donors (Lipinski definition) is 3. The number of rotatable bonds is 6. The fraction of sp³-hybridized carbons (Fsp3) is 0.471. The monoisotopic (exact) mass is 411 g/mol. The summed E-state index contributed by atoms with van der Waals surface area (Å²) in [4.78, 5) is 13.5. The Bertz CT molecular complexity index is 837. The number of nitrogens with one attached hydrogen (secondary N) is 1. The lowest BCUT2D eigenvalue weighted by molar-refractivity contribution is -0.213. The summed E-state index contributed by atoms with van der Waals surface area (Å²) in [6, 6.07) is 8.00. The van der Waals surface area contributed by atoms with Crippen molar-refractivity contribution in [1.82, 2.24) is 10.2 Å². The lowest BCUT2D eigenvalue weighted by Crippen LogP contribution is -2.57. The van der Waals surface area contributed by atoms with Crippen LogP contribution in [0.15, 0.2) is 42.6 Å². The minimum atomic E-state index is -3.97. The van der Waals surface area contributed by atoms with Gasteiger partial charge in [-0.25, -0.2) is 14.9 Å². The molecule has 0 spiro atoms. The highest BCUT2D eigenvalue weighted by atomic mass is 31.2. The predicted molar refractivity (Wildman–Crippen MR) is 97.2 cm³/mol. The number of ether oxygens (including phenoxy) is 2. The molecule has 3 heterocycles. The molecule has 2 amide bonds. The summed E-state index contributed by atoms with van der Waals surface area (Å²) in [7, 11) is -3.97. The summed E-state index contributed by atoms with van der Waals surface area (Å²) in [6.07, 6.45) is 1.30. The molecule has 0 aliphatic carbocycles. The zero-order chi connectivity index (χ0) is 20.0. The Morgan fingerprint density at radius 1 is 1.43 bits per heavy atom. The number of carbonyl (C=O) groups is 1. The van der Waals surface area contributed by atoms with Crippen LogP contribution >= 0.6 is 7.75 Å². The van der Waals surface area contributed by atoms with Gasteiger partial charge < -0.3 is 24.4 Å². The first kappa shape index (κ1) is 19.4. The van der Waals surface area contributed by atoms with Gasteiger partial charge in [0, 0.05) is 12.7 Å². The second-order valence-corrected chi connectivity index (χ2v) is 8.63. The smallest absolute Gasteiger partial charge is 0.413 e. The zero-order valence-electron chi connectivity index (χ0n) is 15.2. The van der Waals surface area contributed by atoms with E-state index >= 15 is 0 Å². The SMILES string of the molecule is CC12OCC(COP(N)(=O)Oc3ccccc3)(OC1N1C=CCNC1=O)C2O. The van der Waals surface area contributed by atoms with E-state index in [0.29, 0.717) is 12.3 Å². The molecule has 0 saturated carbocycles. The number of aliphatic hydroxyl groups excluding tert-OH is 1. The van der Waals surface area contributed by atoms with Crippen LogP contribution in [-0.4, -0.2) is 59.3 Å². The number of urea groups is 1. The number of hydrogen-bond acceptors (Lipinski definition) is 7. The van der Waals surface area contributed by atoms with E-state index in [0.717, 1.165) is 0 Å². The largest absolute Gasteiger partial charge is 0.456 e. The van der Waals surface area contributed by atoms with Crippen molar-refractivity contribution >= 4 is 13.8 Å². The Hall–Kier alpha value is -1.94. The summed E-state index contributed by atoms with van der Waals surface area (Å²) < 4.78 is 34.8. The van der Waals surface area contributed by atoms with Crippen molar-refractivity contribution in [1.29, 1.82) is 0 Å². The number of nitrogens with zero attached hydrogens (tertiary/aromatic N) is 1. The highest BCUT2D eigenvalue weighted by Gasteiger charge is 2.70. The van der Waals surface area contributed by atoms with Crippen LogP contribution in [0.4, 0.5) is 4.79 Å². The third-order valence-corrected chi connectivity index (χ3v) is 6.05. The number of para-hydroxylation sites is 1. The summed E-state index contributed by atoms with van der Waals surface area (Å²) >= 11 is 0. The second-order valence-electron chi connectivity index (χ2n) is 7.11. The summed E-state index contributed by atoms with van der Waals surface area (Å²) in [6.45, 7) is 1.71. The molecule has 2 bridgehead atoms. The molecule has 4 rings (SSSR count). The van der Waals surface area contributed by atoms with E-state index in [1.54, 1.807) is 49.5 Å². The van der Waals surface area contributed by atoms with Crippen molar-refractivity contribution in [3.05, 3.63) is 42.6 Å². The van der Waals surface area contributed by atoms with Gasteiger partial charge in [0.2, 0.25) is 0 Å². The van der Waals surface area contributed by atoms with Crippen LogP contribution in [0.1, 0.15) is 6.92 Å². The molecule has 3 aliphatic rings. The lowest BCUT2D eigenvalue weighted by atomic mass is 9.91. The van der Waals surface area contributed by atoms with Gasteiger partial charge in [-0.1, -0.05) is 18.2 Å². The number of amides is 2.